The van der Waals surface area contributed by atoms with E-state index >= 15 is 0 Å². The number of carbonyl (C=O) groups excluding carboxylic acids is 1. The second-order valence-electron chi connectivity index (χ2n) is 7.10. The number of nitrogens with one attached hydrogen (secondary N) is 1. The third kappa shape index (κ3) is 4.77. The van der Waals surface area contributed by atoms with Crippen LogP contribution < -0.4 is 11.0 Å². The zero-order valence-electron chi connectivity index (χ0n) is 16.6. The summed E-state index contributed by atoms with van der Waals surface area (Å²) in [5.74, 6) is -0.745. The Bertz CT molecular complexity index is 1110. The molecule has 30 heavy (non-hydrogen) atoms. The van der Waals surface area contributed by atoms with Gasteiger partial charge in [0.05, 0.1) is 10.7 Å². The normalized spacial score (nSPS) is 11.1. The minimum absolute atomic E-state index is 0.0222. The third-order valence-electron chi connectivity index (χ3n) is 4.37. The topological polar surface area (TPSA) is 89.2 Å². The van der Waals surface area contributed by atoms with Crippen molar-refractivity contribution in [3.63, 3.8) is 0 Å². The van der Waals surface area contributed by atoms with Gasteiger partial charge in [0, 0.05) is 18.2 Å². The summed E-state index contributed by atoms with van der Waals surface area (Å²) in [4.78, 5) is 25.4. The van der Waals surface area contributed by atoms with E-state index in [1.54, 1.807) is 24.3 Å². The Labute approximate surface area is 177 Å². The summed E-state index contributed by atoms with van der Waals surface area (Å²) in [6, 6.07) is 10.9. The van der Waals surface area contributed by atoms with E-state index in [1.165, 1.54) is 27.4 Å². The molecule has 2 N–H and O–H groups in total. The van der Waals surface area contributed by atoms with Crippen molar-refractivity contribution in [2.24, 2.45) is 0 Å². The van der Waals surface area contributed by atoms with Gasteiger partial charge in [-0.05, 0) is 56.2 Å². The van der Waals surface area contributed by atoms with Crippen molar-refractivity contribution in [3.8, 4) is 17.1 Å². The number of carbonyl (C=O) groups is 1. The van der Waals surface area contributed by atoms with Gasteiger partial charge < -0.3 is 10.4 Å². The predicted molar refractivity (Wildman–Crippen MR) is 112 cm³/mol. The zero-order valence-corrected chi connectivity index (χ0v) is 17.4. The molecule has 0 saturated carbocycles. The lowest BCUT2D eigenvalue weighted by atomic mass is 10.1. The van der Waals surface area contributed by atoms with Crippen molar-refractivity contribution < 1.29 is 14.3 Å². The molecule has 0 aliphatic carbocycles. The molecule has 0 radical (unpaired) electrons. The highest BCUT2D eigenvalue weighted by molar-refractivity contribution is 6.31. The number of hydrogen-bond acceptors (Lipinski definition) is 4. The average Bonchev–Trinajstić information content (AvgIpc) is 3.01. The maximum Gasteiger partial charge on any atom is 0.351 e. The Morgan fingerprint density at radius 2 is 1.93 bits per heavy atom. The van der Waals surface area contributed by atoms with Gasteiger partial charge in [-0.15, -0.1) is 5.10 Å². The number of aliphatic hydroxyl groups is 1. The third-order valence-corrected chi connectivity index (χ3v) is 4.66. The van der Waals surface area contributed by atoms with Crippen LogP contribution in [0.5, 0.6) is 0 Å². The number of hydrogen-bond donors (Lipinski definition) is 2. The molecule has 0 bridgehead atoms. The van der Waals surface area contributed by atoms with Gasteiger partial charge in [0.25, 0.3) is 0 Å². The molecule has 0 atom stereocenters. The van der Waals surface area contributed by atoms with E-state index in [2.05, 4.69) is 10.4 Å². The van der Waals surface area contributed by atoms with E-state index in [1.807, 2.05) is 13.8 Å². The molecule has 9 heteroatoms. The van der Waals surface area contributed by atoms with Crippen LogP contribution in [-0.2, 0) is 17.8 Å². The number of amides is 1. The van der Waals surface area contributed by atoms with Gasteiger partial charge in [-0.25, -0.2) is 9.18 Å². The summed E-state index contributed by atoms with van der Waals surface area (Å²) in [6.07, 6.45) is 0.498. The van der Waals surface area contributed by atoms with Gasteiger partial charge in [0.2, 0.25) is 5.91 Å². The summed E-state index contributed by atoms with van der Waals surface area (Å²) in [5.41, 5.74) is 1.31. The molecule has 2 aromatic carbocycles. The maximum atomic E-state index is 13.6. The molecule has 3 rings (SSSR count). The van der Waals surface area contributed by atoms with Crippen molar-refractivity contribution in [2.75, 3.05) is 6.61 Å². The largest absolute Gasteiger partial charge is 0.396 e. The van der Waals surface area contributed by atoms with E-state index < -0.39 is 11.5 Å². The van der Waals surface area contributed by atoms with Crippen LogP contribution in [-0.4, -0.2) is 38.0 Å². The second kappa shape index (κ2) is 9.23. The number of rotatable bonds is 7. The fourth-order valence-electron chi connectivity index (χ4n) is 3.00. The van der Waals surface area contributed by atoms with Crippen molar-refractivity contribution in [1.82, 2.24) is 19.7 Å². The highest BCUT2D eigenvalue weighted by Gasteiger charge is 2.19. The van der Waals surface area contributed by atoms with Crippen molar-refractivity contribution >= 4 is 17.5 Å². The number of aliphatic hydroxyl groups excluding tert-OH is 1. The molecule has 1 amide bonds. The smallest absolute Gasteiger partial charge is 0.351 e. The first-order valence-electron chi connectivity index (χ1n) is 9.45. The summed E-state index contributed by atoms with van der Waals surface area (Å²) in [6.45, 7) is 3.41. The number of halogens is 2. The fourth-order valence-corrected chi connectivity index (χ4v) is 3.18. The summed E-state index contributed by atoms with van der Waals surface area (Å²) in [5, 5.41) is 16.1. The number of benzene rings is 2. The molecular formula is C21H22ClFN4O3. The van der Waals surface area contributed by atoms with Gasteiger partial charge in [-0.3, -0.25) is 9.36 Å². The molecule has 0 unspecified atom stereocenters. The van der Waals surface area contributed by atoms with Crippen LogP contribution >= 0.6 is 11.6 Å². The van der Waals surface area contributed by atoms with E-state index in [9.17, 15) is 14.0 Å². The average molecular weight is 433 g/mol. The quantitative estimate of drug-likeness (QED) is 0.600. The van der Waals surface area contributed by atoms with E-state index in [-0.39, 0.29) is 35.9 Å². The van der Waals surface area contributed by atoms with Crippen LogP contribution in [0.4, 0.5) is 4.39 Å². The summed E-state index contributed by atoms with van der Waals surface area (Å²) >= 11 is 5.90. The molecule has 7 nitrogen and oxygen atoms in total. The summed E-state index contributed by atoms with van der Waals surface area (Å²) in [7, 11) is 0. The standard InChI is InChI=1S/C21H22ClFN4O3/c1-13(2)24-19(29)12-26-20(15-5-8-18(23)17(22)11-15)25-27(21(26)30)16-6-3-14(4-7-16)9-10-28/h3-8,11,13,28H,9-10,12H2,1-2H3,(H,24,29). The van der Waals surface area contributed by atoms with Gasteiger partial charge in [-0.2, -0.15) is 4.68 Å². The lowest BCUT2D eigenvalue weighted by Gasteiger charge is -2.10. The van der Waals surface area contributed by atoms with Gasteiger partial charge >= 0.3 is 5.69 Å². The maximum absolute atomic E-state index is 13.6. The Kier molecular flexibility index (Phi) is 6.69. The van der Waals surface area contributed by atoms with E-state index in [0.717, 1.165) is 5.56 Å². The van der Waals surface area contributed by atoms with E-state index in [0.29, 0.717) is 17.7 Å². The SMILES string of the molecule is CC(C)NC(=O)Cn1c(-c2ccc(F)c(Cl)c2)nn(-c2ccc(CCO)cc2)c1=O. The highest BCUT2D eigenvalue weighted by atomic mass is 35.5. The van der Waals surface area contributed by atoms with Gasteiger partial charge in [0.15, 0.2) is 5.82 Å². The number of nitrogens with zero attached hydrogens (tertiary/aromatic N) is 3. The minimum Gasteiger partial charge on any atom is -0.396 e. The first kappa shape index (κ1) is 21.7. The summed E-state index contributed by atoms with van der Waals surface area (Å²) < 4.78 is 16.0. The first-order chi connectivity index (χ1) is 14.3. The van der Waals surface area contributed by atoms with Crippen molar-refractivity contribution in [2.45, 2.75) is 32.9 Å². The van der Waals surface area contributed by atoms with Gasteiger partial charge in [-0.1, -0.05) is 23.7 Å². The molecule has 1 heterocycles. The molecule has 1 aromatic heterocycles. The van der Waals surface area contributed by atoms with Crippen LogP contribution in [0.15, 0.2) is 47.3 Å². The fraction of sp³-hybridized carbons (Fsp3) is 0.286. The zero-order chi connectivity index (χ0) is 21.8. The first-order valence-corrected chi connectivity index (χ1v) is 9.82. The minimum atomic E-state index is -0.592. The van der Waals surface area contributed by atoms with Crippen LogP contribution in [0.25, 0.3) is 17.1 Å². The number of aromatic nitrogens is 3. The molecule has 0 fully saturated rings. The second-order valence-corrected chi connectivity index (χ2v) is 7.50. The van der Waals surface area contributed by atoms with Crippen molar-refractivity contribution in [3.05, 3.63) is 69.4 Å². The highest BCUT2D eigenvalue weighted by Crippen LogP contribution is 2.23. The molecular weight excluding hydrogens is 411 g/mol. The molecule has 0 aliphatic rings. The Morgan fingerprint density at radius 1 is 1.23 bits per heavy atom. The molecule has 3 aromatic rings. The Balaban J connectivity index is 2.09. The predicted octanol–water partition coefficient (Wildman–Crippen LogP) is 2.55. The Morgan fingerprint density at radius 3 is 2.53 bits per heavy atom. The monoisotopic (exact) mass is 432 g/mol. The molecule has 0 saturated heterocycles. The molecule has 0 spiro atoms. The van der Waals surface area contributed by atoms with Crippen molar-refractivity contribution in [1.29, 1.82) is 0 Å². The van der Waals surface area contributed by atoms with Gasteiger partial charge in [0.1, 0.15) is 12.4 Å². The van der Waals surface area contributed by atoms with Crippen LogP contribution in [0.1, 0.15) is 19.4 Å². The molecule has 0 aliphatic heterocycles. The molecule has 158 valence electrons. The lowest BCUT2D eigenvalue weighted by Crippen LogP contribution is -2.36. The lowest BCUT2D eigenvalue weighted by molar-refractivity contribution is -0.122. The van der Waals surface area contributed by atoms with Crippen LogP contribution in [0, 0.1) is 5.82 Å². The van der Waals surface area contributed by atoms with Crippen LogP contribution in [0.3, 0.4) is 0 Å². The van der Waals surface area contributed by atoms with E-state index in [4.69, 9.17) is 16.7 Å². The Hall–Kier alpha value is -2.97. The van der Waals surface area contributed by atoms with Crippen LogP contribution in [0.2, 0.25) is 5.02 Å².